The molecule has 2 aliphatic rings. The van der Waals surface area contributed by atoms with Crippen LogP contribution >= 0.6 is 11.6 Å². The van der Waals surface area contributed by atoms with E-state index in [0.717, 1.165) is 18.6 Å². The maximum Gasteiger partial charge on any atom is 0.137 e. The molecule has 2 fully saturated rings. The van der Waals surface area contributed by atoms with Crippen LogP contribution in [0.1, 0.15) is 32.1 Å². The van der Waals surface area contributed by atoms with Gasteiger partial charge in [0.2, 0.25) is 0 Å². The summed E-state index contributed by atoms with van der Waals surface area (Å²) in [6.07, 6.45) is 6.00. The number of methoxy groups -OCH3 is 1. The third-order valence-corrected chi connectivity index (χ3v) is 4.74. The van der Waals surface area contributed by atoms with E-state index in [9.17, 15) is 0 Å². The van der Waals surface area contributed by atoms with Crippen molar-refractivity contribution in [1.29, 1.82) is 0 Å². The zero-order valence-corrected chi connectivity index (χ0v) is 12.1. The fraction of sp³-hybridized carbons (Fsp3) is 0.600. The fourth-order valence-electron chi connectivity index (χ4n) is 3.66. The third kappa shape index (κ3) is 2.41. The van der Waals surface area contributed by atoms with Crippen LogP contribution in [0.4, 0.5) is 5.69 Å². The minimum absolute atomic E-state index is 0.361. The molecular formula is C15H21ClN2O. The second kappa shape index (κ2) is 5.22. The third-order valence-electron chi connectivity index (χ3n) is 4.44. The summed E-state index contributed by atoms with van der Waals surface area (Å²) >= 11 is 6.26. The van der Waals surface area contributed by atoms with Crippen molar-refractivity contribution in [3.63, 3.8) is 0 Å². The largest absolute Gasteiger partial charge is 0.495 e. The van der Waals surface area contributed by atoms with Gasteiger partial charge in [-0.3, -0.25) is 0 Å². The monoisotopic (exact) mass is 280 g/mol. The van der Waals surface area contributed by atoms with Gasteiger partial charge in [-0.25, -0.2) is 0 Å². The lowest BCUT2D eigenvalue weighted by Gasteiger charge is -2.49. The Labute approximate surface area is 119 Å². The lowest BCUT2D eigenvalue weighted by molar-refractivity contribution is 0.271. The highest BCUT2D eigenvalue weighted by Crippen LogP contribution is 2.39. The molecule has 2 aliphatic heterocycles. The van der Waals surface area contributed by atoms with Crippen LogP contribution < -0.4 is 15.4 Å². The number of benzene rings is 1. The van der Waals surface area contributed by atoms with E-state index in [4.69, 9.17) is 22.1 Å². The average molecular weight is 281 g/mol. The lowest BCUT2D eigenvalue weighted by atomic mass is 9.81. The summed E-state index contributed by atoms with van der Waals surface area (Å²) in [6.45, 7) is 0. The van der Waals surface area contributed by atoms with Gasteiger partial charge in [0, 0.05) is 23.8 Å². The highest BCUT2D eigenvalue weighted by Gasteiger charge is 2.37. The van der Waals surface area contributed by atoms with Crippen molar-refractivity contribution in [2.24, 2.45) is 5.73 Å². The molecule has 2 saturated heterocycles. The van der Waals surface area contributed by atoms with Gasteiger partial charge in [-0.15, -0.1) is 0 Å². The van der Waals surface area contributed by atoms with Crippen molar-refractivity contribution < 1.29 is 4.74 Å². The zero-order valence-electron chi connectivity index (χ0n) is 11.3. The molecule has 2 unspecified atom stereocenters. The number of anilines is 1. The van der Waals surface area contributed by atoms with Crippen molar-refractivity contribution in [2.45, 2.75) is 50.2 Å². The van der Waals surface area contributed by atoms with Crippen LogP contribution in [0.15, 0.2) is 18.2 Å². The predicted molar refractivity (Wildman–Crippen MR) is 79.1 cm³/mol. The molecule has 0 amide bonds. The van der Waals surface area contributed by atoms with Crippen molar-refractivity contribution in [3.05, 3.63) is 23.2 Å². The fourth-order valence-corrected chi connectivity index (χ4v) is 3.91. The normalized spacial score (nSPS) is 30.3. The Balaban J connectivity index is 1.90. The van der Waals surface area contributed by atoms with Crippen LogP contribution in [-0.2, 0) is 0 Å². The van der Waals surface area contributed by atoms with Gasteiger partial charge in [-0.2, -0.15) is 0 Å². The first-order valence-corrected chi connectivity index (χ1v) is 7.44. The first-order valence-electron chi connectivity index (χ1n) is 7.06. The van der Waals surface area contributed by atoms with Gasteiger partial charge in [-0.1, -0.05) is 11.6 Å². The first-order chi connectivity index (χ1) is 9.19. The number of nitrogens with two attached hydrogens (primary N) is 1. The molecule has 3 rings (SSSR count). The van der Waals surface area contributed by atoms with E-state index in [0.29, 0.717) is 23.1 Å². The Morgan fingerprint density at radius 1 is 1.26 bits per heavy atom. The molecule has 0 spiro atoms. The van der Waals surface area contributed by atoms with Gasteiger partial charge in [0.1, 0.15) is 5.75 Å². The van der Waals surface area contributed by atoms with Crippen molar-refractivity contribution >= 4 is 17.3 Å². The molecule has 2 bridgehead atoms. The van der Waals surface area contributed by atoms with Gasteiger partial charge < -0.3 is 15.4 Å². The Morgan fingerprint density at radius 2 is 1.95 bits per heavy atom. The van der Waals surface area contributed by atoms with Crippen LogP contribution in [0.5, 0.6) is 5.75 Å². The number of fused-ring (bicyclic) bond motifs is 2. The molecule has 0 aromatic heterocycles. The van der Waals surface area contributed by atoms with Gasteiger partial charge in [0.25, 0.3) is 0 Å². The zero-order chi connectivity index (χ0) is 13.4. The quantitative estimate of drug-likeness (QED) is 0.904. The summed E-state index contributed by atoms with van der Waals surface area (Å²) in [4.78, 5) is 2.54. The standard InChI is InChI=1S/C15H21ClN2O/c1-19-15-6-5-13(9-14(15)16)18-11-3-2-4-12(18)8-10(17)7-11/h5-6,9-12H,2-4,7-8,17H2,1H3. The van der Waals surface area contributed by atoms with E-state index in [1.807, 2.05) is 12.1 Å². The minimum atomic E-state index is 0.361. The summed E-state index contributed by atoms with van der Waals surface area (Å²) in [5, 5.41) is 0.688. The smallest absolute Gasteiger partial charge is 0.137 e. The SMILES string of the molecule is COc1ccc(N2C3CCCC2CC(N)C3)cc1Cl. The lowest BCUT2D eigenvalue weighted by Crippen LogP contribution is -2.55. The molecule has 2 N–H and O–H groups in total. The van der Waals surface area contributed by atoms with E-state index in [-0.39, 0.29) is 0 Å². The molecule has 2 atom stereocenters. The second-order valence-electron chi connectivity index (χ2n) is 5.70. The number of halogens is 1. The highest BCUT2D eigenvalue weighted by molar-refractivity contribution is 6.32. The maximum absolute atomic E-state index is 6.26. The minimum Gasteiger partial charge on any atom is -0.495 e. The molecule has 0 saturated carbocycles. The van der Waals surface area contributed by atoms with E-state index in [1.54, 1.807) is 7.11 Å². The van der Waals surface area contributed by atoms with Crippen LogP contribution in [0.2, 0.25) is 5.02 Å². The Bertz CT molecular complexity index is 451. The number of rotatable bonds is 2. The van der Waals surface area contributed by atoms with Crippen LogP contribution in [0, 0.1) is 0 Å². The summed E-state index contributed by atoms with van der Waals surface area (Å²) in [7, 11) is 1.65. The second-order valence-corrected chi connectivity index (χ2v) is 6.10. The number of ether oxygens (including phenoxy) is 1. The van der Waals surface area contributed by atoms with Crippen LogP contribution in [0.3, 0.4) is 0 Å². The predicted octanol–water partition coefficient (Wildman–Crippen LogP) is 3.20. The molecule has 2 heterocycles. The Hall–Kier alpha value is -0.930. The summed E-state index contributed by atoms with van der Waals surface area (Å²) in [6, 6.07) is 7.62. The Kier molecular flexibility index (Phi) is 3.59. The first kappa shape index (κ1) is 13.1. The highest BCUT2D eigenvalue weighted by atomic mass is 35.5. The van der Waals surface area contributed by atoms with Crippen LogP contribution in [-0.4, -0.2) is 25.2 Å². The topological polar surface area (TPSA) is 38.5 Å². The van der Waals surface area contributed by atoms with Crippen molar-refractivity contribution in [1.82, 2.24) is 0 Å². The molecular weight excluding hydrogens is 260 g/mol. The molecule has 1 aromatic carbocycles. The van der Waals surface area contributed by atoms with Crippen molar-refractivity contribution in [3.8, 4) is 5.75 Å². The summed E-state index contributed by atoms with van der Waals surface area (Å²) < 4.78 is 5.23. The maximum atomic E-state index is 6.26. The van der Waals surface area contributed by atoms with Gasteiger partial charge in [0.05, 0.1) is 12.1 Å². The Morgan fingerprint density at radius 3 is 2.53 bits per heavy atom. The molecule has 19 heavy (non-hydrogen) atoms. The van der Waals surface area contributed by atoms with Gasteiger partial charge in [-0.05, 0) is 50.3 Å². The average Bonchev–Trinajstić information content (AvgIpc) is 2.37. The van der Waals surface area contributed by atoms with E-state index < -0.39 is 0 Å². The molecule has 1 aromatic rings. The molecule has 4 heteroatoms. The van der Waals surface area contributed by atoms with Gasteiger partial charge in [0.15, 0.2) is 0 Å². The number of piperidine rings is 2. The summed E-state index contributed by atoms with van der Waals surface area (Å²) in [5.74, 6) is 0.740. The number of hydrogen-bond donors (Lipinski definition) is 1. The van der Waals surface area contributed by atoms with Crippen molar-refractivity contribution in [2.75, 3.05) is 12.0 Å². The molecule has 104 valence electrons. The molecule has 0 radical (unpaired) electrons. The van der Waals surface area contributed by atoms with E-state index >= 15 is 0 Å². The summed E-state index contributed by atoms with van der Waals surface area (Å²) in [5.41, 5.74) is 7.38. The molecule has 3 nitrogen and oxygen atoms in total. The van der Waals surface area contributed by atoms with Crippen LogP contribution in [0.25, 0.3) is 0 Å². The van der Waals surface area contributed by atoms with E-state index in [2.05, 4.69) is 11.0 Å². The number of nitrogens with zero attached hydrogens (tertiary/aromatic N) is 1. The number of hydrogen-bond acceptors (Lipinski definition) is 3. The molecule has 0 aliphatic carbocycles. The van der Waals surface area contributed by atoms with Gasteiger partial charge >= 0.3 is 0 Å². The van der Waals surface area contributed by atoms with E-state index in [1.165, 1.54) is 24.9 Å².